The van der Waals surface area contributed by atoms with Crippen molar-refractivity contribution in [3.05, 3.63) is 29.3 Å². The van der Waals surface area contributed by atoms with Crippen LogP contribution < -0.4 is 0 Å². The van der Waals surface area contributed by atoms with Gasteiger partial charge in [0.15, 0.2) is 0 Å². The van der Waals surface area contributed by atoms with Crippen molar-refractivity contribution in [1.29, 1.82) is 0 Å². The van der Waals surface area contributed by atoms with Crippen LogP contribution in [0.5, 0.6) is 0 Å². The number of thioether (sulfide) groups is 1. The molecule has 0 aromatic heterocycles. The molecule has 0 spiro atoms. The van der Waals surface area contributed by atoms with E-state index in [1.807, 2.05) is 0 Å². The molecule has 0 bridgehead atoms. The number of sulfonamides is 1. The maximum Gasteiger partial charge on any atom is 0.244 e. The van der Waals surface area contributed by atoms with Crippen LogP contribution in [0.2, 0.25) is 5.02 Å². The summed E-state index contributed by atoms with van der Waals surface area (Å²) in [5.74, 6) is 0.619. The van der Waals surface area contributed by atoms with Crippen molar-refractivity contribution >= 4 is 39.3 Å². The van der Waals surface area contributed by atoms with Crippen LogP contribution in [0.1, 0.15) is 25.7 Å². The Labute approximate surface area is 158 Å². The van der Waals surface area contributed by atoms with E-state index in [0.717, 1.165) is 0 Å². The first-order chi connectivity index (χ1) is 12.0. The van der Waals surface area contributed by atoms with Gasteiger partial charge >= 0.3 is 0 Å². The summed E-state index contributed by atoms with van der Waals surface area (Å²) in [7, 11) is -3.61. The first-order valence-electron chi connectivity index (χ1n) is 8.62. The number of halogens is 1. The third kappa shape index (κ3) is 4.51. The van der Waals surface area contributed by atoms with Gasteiger partial charge < -0.3 is 4.90 Å². The Kier molecular flexibility index (Phi) is 6.30. The molecule has 1 heterocycles. The molecular formula is C17H23ClN2O3S2. The molecule has 2 aliphatic rings. The summed E-state index contributed by atoms with van der Waals surface area (Å²) < 4.78 is 26.9. The monoisotopic (exact) mass is 402 g/mol. The van der Waals surface area contributed by atoms with Gasteiger partial charge in [0.1, 0.15) is 4.90 Å². The minimum Gasteiger partial charge on any atom is -0.339 e. The maximum absolute atomic E-state index is 12.7. The molecule has 1 aliphatic carbocycles. The SMILES string of the molecule is O=C(CSC1CCCC1)N1CCN(S(=O)(=O)c2ccccc2Cl)CC1. The fourth-order valence-electron chi connectivity index (χ4n) is 3.31. The molecule has 1 aromatic rings. The van der Waals surface area contributed by atoms with Gasteiger partial charge in [0, 0.05) is 31.4 Å². The summed E-state index contributed by atoms with van der Waals surface area (Å²) in [6, 6.07) is 6.47. The Hall–Kier alpha value is -0.760. The molecule has 5 nitrogen and oxygen atoms in total. The van der Waals surface area contributed by atoms with Crippen LogP contribution in [0.25, 0.3) is 0 Å². The molecule has 0 radical (unpaired) electrons. The summed E-state index contributed by atoms with van der Waals surface area (Å²) in [5, 5.41) is 0.847. The van der Waals surface area contributed by atoms with Crippen molar-refractivity contribution in [2.45, 2.75) is 35.8 Å². The van der Waals surface area contributed by atoms with Crippen LogP contribution in [-0.4, -0.2) is 60.7 Å². The Morgan fingerprint density at radius 1 is 1.12 bits per heavy atom. The normalized spacial score (nSPS) is 20.1. The fourth-order valence-corrected chi connectivity index (χ4v) is 6.45. The lowest BCUT2D eigenvalue weighted by atomic mass is 10.3. The van der Waals surface area contributed by atoms with Crippen LogP contribution in [0.4, 0.5) is 0 Å². The van der Waals surface area contributed by atoms with Crippen molar-refractivity contribution in [2.24, 2.45) is 0 Å². The molecule has 3 rings (SSSR count). The number of hydrogen-bond donors (Lipinski definition) is 0. The minimum atomic E-state index is -3.61. The zero-order chi connectivity index (χ0) is 17.9. The van der Waals surface area contributed by atoms with Crippen LogP contribution in [-0.2, 0) is 14.8 Å². The maximum atomic E-state index is 12.7. The Morgan fingerprint density at radius 3 is 2.40 bits per heavy atom. The summed E-state index contributed by atoms with van der Waals surface area (Å²) in [4.78, 5) is 14.3. The Balaban J connectivity index is 1.54. The fraction of sp³-hybridized carbons (Fsp3) is 0.588. The van der Waals surface area contributed by atoms with Gasteiger partial charge in [-0.15, -0.1) is 11.8 Å². The standard InChI is InChI=1S/C17H23ClN2O3S2/c18-15-7-3-4-8-16(15)25(22,23)20-11-9-19(10-12-20)17(21)13-24-14-5-1-2-6-14/h3-4,7-8,14H,1-2,5-6,9-13H2. The molecule has 1 saturated carbocycles. The van der Waals surface area contributed by atoms with E-state index in [9.17, 15) is 13.2 Å². The molecule has 0 unspecified atom stereocenters. The molecule has 25 heavy (non-hydrogen) atoms. The smallest absolute Gasteiger partial charge is 0.244 e. The van der Waals surface area contributed by atoms with Gasteiger partial charge in [-0.2, -0.15) is 4.31 Å². The number of rotatable bonds is 5. The number of carbonyl (C=O) groups excluding carboxylic acids is 1. The lowest BCUT2D eigenvalue weighted by Crippen LogP contribution is -2.51. The topological polar surface area (TPSA) is 57.7 Å². The summed E-state index contributed by atoms with van der Waals surface area (Å²) in [6.45, 7) is 1.50. The highest BCUT2D eigenvalue weighted by molar-refractivity contribution is 8.00. The van der Waals surface area contributed by atoms with Gasteiger partial charge in [0.25, 0.3) is 0 Å². The van der Waals surface area contributed by atoms with Crippen LogP contribution in [0.15, 0.2) is 29.2 Å². The molecule has 1 aromatic carbocycles. The molecule has 8 heteroatoms. The van der Waals surface area contributed by atoms with Crippen molar-refractivity contribution in [3.63, 3.8) is 0 Å². The van der Waals surface area contributed by atoms with Gasteiger partial charge in [-0.25, -0.2) is 8.42 Å². The van der Waals surface area contributed by atoms with E-state index in [1.54, 1.807) is 34.9 Å². The number of carbonyl (C=O) groups is 1. The van der Waals surface area contributed by atoms with Gasteiger partial charge in [-0.05, 0) is 25.0 Å². The quantitative estimate of drug-likeness (QED) is 0.759. The molecule has 1 saturated heterocycles. The van der Waals surface area contributed by atoms with Crippen molar-refractivity contribution in [2.75, 3.05) is 31.9 Å². The third-order valence-corrected chi connectivity index (χ3v) is 8.55. The second kappa shape index (κ2) is 8.29. The predicted octanol–water partition coefficient (Wildman–Crippen LogP) is 2.85. The average Bonchev–Trinajstić information content (AvgIpc) is 3.13. The predicted molar refractivity (Wildman–Crippen MR) is 102 cm³/mol. The molecule has 0 N–H and O–H groups in total. The largest absolute Gasteiger partial charge is 0.339 e. The highest BCUT2D eigenvalue weighted by Crippen LogP contribution is 2.30. The van der Waals surface area contributed by atoms with Crippen LogP contribution >= 0.6 is 23.4 Å². The molecular weight excluding hydrogens is 380 g/mol. The molecule has 1 amide bonds. The summed E-state index contributed by atoms with van der Waals surface area (Å²) >= 11 is 7.79. The summed E-state index contributed by atoms with van der Waals surface area (Å²) in [6.07, 6.45) is 4.96. The summed E-state index contributed by atoms with van der Waals surface area (Å²) in [5.41, 5.74) is 0. The zero-order valence-electron chi connectivity index (χ0n) is 14.1. The molecule has 138 valence electrons. The Morgan fingerprint density at radius 2 is 1.76 bits per heavy atom. The number of benzene rings is 1. The Bertz CT molecular complexity index is 712. The first kappa shape index (κ1) is 19.0. The van der Waals surface area contributed by atoms with Gasteiger partial charge in [-0.3, -0.25) is 4.79 Å². The van der Waals surface area contributed by atoms with Crippen LogP contribution in [0, 0.1) is 0 Å². The van der Waals surface area contributed by atoms with Gasteiger partial charge in [0.2, 0.25) is 15.9 Å². The van der Waals surface area contributed by atoms with Crippen molar-refractivity contribution < 1.29 is 13.2 Å². The number of nitrogens with zero attached hydrogens (tertiary/aromatic N) is 2. The van der Waals surface area contributed by atoms with E-state index >= 15 is 0 Å². The number of amides is 1. The van der Waals surface area contributed by atoms with E-state index < -0.39 is 10.0 Å². The van der Waals surface area contributed by atoms with E-state index in [4.69, 9.17) is 11.6 Å². The minimum absolute atomic E-state index is 0.117. The average molecular weight is 403 g/mol. The lowest BCUT2D eigenvalue weighted by Gasteiger charge is -2.34. The first-order valence-corrected chi connectivity index (χ1v) is 11.5. The van der Waals surface area contributed by atoms with Crippen molar-refractivity contribution in [3.8, 4) is 0 Å². The van der Waals surface area contributed by atoms with Crippen molar-refractivity contribution in [1.82, 2.24) is 9.21 Å². The van der Waals surface area contributed by atoms with E-state index in [1.165, 1.54) is 36.1 Å². The third-order valence-electron chi connectivity index (χ3n) is 4.79. The number of hydrogen-bond acceptors (Lipinski definition) is 4. The second-order valence-electron chi connectivity index (χ2n) is 6.43. The highest BCUT2D eigenvalue weighted by atomic mass is 35.5. The highest BCUT2D eigenvalue weighted by Gasteiger charge is 2.31. The molecule has 2 fully saturated rings. The van der Waals surface area contributed by atoms with E-state index in [-0.39, 0.29) is 15.8 Å². The van der Waals surface area contributed by atoms with Gasteiger partial charge in [0.05, 0.1) is 10.8 Å². The van der Waals surface area contributed by atoms with E-state index in [0.29, 0.717) is 37.2 Å². The number of piperazine rings is 1. The second-order valence-corrected chi connectivity index (χ2v) is 10.0. The van der Waals surface area contributed by atoms with Crippen LogP contribution in [0.3, 0.4) is 0 Å². The molecule has 0 atom stereocenters. The van der Waals surface area contributed by atoms with Gasteiger partial charge in [-0.1, -0.05) is 36.6 Å². The zero-order valence-corrected chi connectivity index (χ0v) is 16.5. The lowest BCUT2D eigenvalue weighted by molar-refractivity contribution is -0.129. The van der Waals surface area contributed by atoms with E-state index in [2.05, 4.69) is 0 Å². The molecule has 1 aliphatic heterocycles.